The SMILES string of the molecule is COc1nc(C)cnc1-c1ccccc1-c1ccccc1S(N)(=O)=O. The minimum atomic E-state index is -3.87. The fraction of sp³-hybridized carbons (Fsp3) is 0.111. The second-order valence-corrected chi connectivity index (χ2v) is 6.99. The average Bonchev–Trinajstić information content (AvgIpc) is 2.61. The number of rotatable bonds is 4. The molecule has 0 radical (unpaired) electrons. The first kappa shape index (κ1) is 17.1. The summed E-state index contributed by atoms with van der Waals surface area (Å²) in [6.07, 6.45) is 1.64. The van der Waals surface area contributed by atoms with Crippen LogP contribution >= 0.6 is 0 Å². The van der Waals surface area contributed by atoms with Crippen molar-refractivity contribution in [2.24, 2.45) is 5.14 Å². The van der Waals surface area contributed by atoms with E-state index in [1.807, 2.05) is 31.2 Å². The largest absolute Gasteiger partial charge is 0.479 e. The maximum atomic E-state index is 12.0. The van der Waals surface area contributed by atoms with Gasteiger partial charge in [0.2, 0.25) is 15.9 Å². The number of aromatic nitrogens is 2. The van der Waals surface area contributed by atoms with E-state index in [1.54, 1.807) is 24.4 Å². The normalized spacial score (nSPS) is 11.3. The second kappa shape index (κ2) is 6.62. The lowest BCUT2D eigenvalue weighted by Crippen LogP contribution is -2.13. The third-order valence-corrected chi connectivity index (χ3v) is 4.69. The van der Waals surface area contributed by atoms with Gasteiger partial charge in [0.25, 0.3) is 0 Å². The summed E-state index contributed by atoms with van der Waals surface area (Å²) in [6, 6.07) is 13.9. The molecule has 0 aliphatic heterocycles. The van der Waals surface area contributed by atoms with Gasteiger partial charge in [-0.3, -0.25) is 0 Å². The highest BCUT2D eigenvalue weighted by Gasteiger charge is 2.19. The lowest BCUT2D eigenvalue weighted by atomic mass is 9.97. The van der Waals surface area contributed by atoms with Gasteiger partial charge in [0, 0.05) is 17.3 Å². The van der Waals surface area contributed by atoms with Crippen molar-refractivity contribution in [1.29, 1.82) is 0 Å². The summed E-state index contributed by atoms with van der Waals surface area (Å²) in [7, 11) is -2.35. The topological polar surface area (TPSA) is 95.2 Å². The Bertz CT molecular complexity index is 1030. The van der Waals surface area contributed by atoms with Crippen LogP contribution in [0.4, 0.5) is 0 Å². The van der Waals surface area contributed by atoms with Gasteiger partial charge >= 0.3 is 0 Å². The van der Waals surface area contributed by atoms with Crippen molar-refractivity contribution in [3.05, 3.63) is 60.4 Å². The summed E-state index contributed by atoms with van der Waals surface area (Å²) >= 11 is 0. The van der Waals surface area contributed by atoms with Crippen LogP contribution in [0.15, 0.2) is 59.6 Å². The molecular formula is C18H17N3O3S. The molecule has 0 bridgehead atoms. The molecule has 1 aromatic heterocycles. The molecule has 0 atom stereocenters. The van der Waals surface area contributed by atoms with Gasteiger partial charge in [-0.2, -0.15) is 0 Å². The predicted molar refractivity (Wildman–Crippen MR) is 95.6 cm³/mol. The average molecular weight is 355 g/mol. The van der Waals surface area contributed by atoms with Crippen LogP contribution in [0.3, 0.4) is 0 Å². The fourth-order valence-electron chi connectivity index (χ4n) is 2.64. The minimum Gasteiger partial charge on any atom is -0.479 e. The summed E-state index contributed by atoms with van der Waals surface area (Å²) in [6.45, 7) is 1.82. The number of ether oxygens (including phenoxy) is 1. The van der Waals surface area contributed by atoms with Crippen molar-refractivity contribution in [2.75, 3.05) is 7.11 Å². The van der Waals surface area contributed by atoms with Gasteiger partial charge in [-0.05, 0) is 18.6 Å². The van der Waals surface area contributed by atoms with Crippen LogP contribution < -0.4 is 9.88 Å². The van der Waals surface area contributed by atoms with Crippen LogP contribution in [0, 0.1) is 6.92 Å². The van der Waals surface area contributed by atoms with Crippen molar-refractivity contribution >= 4 is 10.0 Å². The molecule has 0 saturated heterocycles. The third-order valence-electron chi connectivity index (χ3n) is 3.72. The summed E-state index contributed by atoms with van der Waals surface area (Å²) < 4.78 is 29.3. The quantitative estimate of drug-likeness (QED) is 0.776. The van der Waals surface area contributed by atoms with Crippen LogP contribution in [-0.2, 0) is 10.0 Å². The highest BCUT2D eigenvalue weighted by atomic mass is 32.2. The molecule has 25 heavy (non-hydrogen) atoms. The van der Waals surface area contributed by atoms with Crippen LogP contribution in [0.1, 0.15) is 5.69 Å². The van der Waals surface area contributed by atoms with Gasteiger partial charge in [0.15, 0.2) is 0 Å². The lowest BCUT2D eigenvalue weighted by molar-refractivity contribution is 0.396. The first-order valence-electron chi connectivity index (χ1n) is 7.51. The number of hydrogen-bond acceptors (Lipinski definition) is 5. The molecule has 128 valence electrons. The summed E-state index contributed by atoms with van der Waals surface area (Å²) in [5.41, 5.74) is 3.16. The van der Waals surface area contributed by atoms with E-state index < -0.39 is 10.0 Å². The van der Waals surface area contributed by atoms with Crippen molar-refractivity contribution in [3.8, 4) is 28.3 Å². The molecule has 0 unspecified atom stereocenters. The van der Waals surface area contributed by atoms with E-state index in [0.29, 0.717) is 28.3 Å². The Morgan fingerprint density at radius 1 is 0.960 bits per heavy atom. The second-order valence-electron chi connectivity index (χ2n) is 5.46. The molecule has 7 heteroatoms. The van der Waals surface area contributed by atoms with Gasteiger partial charge in [0.1, 0.15) is 5.69 Å². The zero-order chi connectivity index (χ0) is 18.0. The third kappa shape index (κ3) is 3.38. The summed E-state index contributed by atoms with van der Waals surface area (Å²) in [5.74, 6) is 0.375. The number of benzene rings is 2. The van der Waals surface area contributed by atoms with Crippen molar-refractivity contribution < 1.29 is 13.2 Å². The smallest absolute Gasteiger partial charge is 0.240 e. The van der Waals surface area contributed by atoms with E-state index in [1.165, 1.54) is 13.2 Å². The Balaban J connectivity index is 2.30. The molecule has 0 spiro atoms. The van der Waals surface area contributed by atoms with Crippen LogP contribution in [0.5, 0.6) is 5.88 Å². The van der Waals surface area contributed by atoms with Crippen molar-refractivity contribution in [1.82, 2.24) is 9.97 Å². The first-order valence-corrected chi connectivity index (χ1v) is 9.05. The molecule has 0 amide bonds. The van der Waals surface area contributed by atoms with Crippen LogP contribution in [0.2, 0.25) is 0 Å². The van der Waals surface area contributed by atoms with E-state index in [0.717, 1.165) is 5.69 Å². The summed E-state index contributed by atoms with van der Waals surface area (Å²) in [4.78, 5) is 8.83. The zero-order valence-corrected chi connectivity index (χ0v) is 14.6. The van der Waals surface area contributed by atoms with Gasteiger partial charge in [-0.1, -0.05) is 42.5 Å². The zero-order valence-electron chi connectivity index (χ0n) is 13.8. The first-order chi connectivity index (χ1) is 11.9. The Hall–Kier alpha value is -2.77. The monoisotopic (exact) mass is 355 g/mol. The molecule has 0 aliphatic rings. The standard InChI is InChI=1S/C18H17N3O3S/c1-12-11-20-17(18(21-12)24-2)15-9-4-3-7-13(15)14-8-5-6-10-16(14)25(19,22)23/h3-11H,1-2H3,(H2,19,22,23). The molecule has 3 aromatic rings. The summed E-state index contributed by atoms with van der Waals surface area (Å²) in [5, 5.41) is 5.38. The van der Waals surface area contributed by atoms with Gasteiger partial charge in [0.05, 0.1) is 17.7 Å². The van der Waals surface area contributed by atoms with Crippen LogP contribution in [0.25, 0.3) is 22.4 Å². The Labute approximate surface area is 146 Å². The van der Waals surface area contributed by atoms with E-state index in [4.69, 9.17) is 9.88 Å². The number of nitrogens with zero attached hydrogens (tertiary/aromatic N) is 2. The maximum absolute atomic E-state index is 12.0. The maximum Gasteiger partial charge on any atom is 0.240 e. The van der Waals surface area contributed by atoms with Gasteiger partial charge in [-0.15, -0.1) is 0 Å². The molecule has 6 nitrogen and oxygen atoms in total. The van der Waals surface area contributed by atoms with E-state index >= 15 is 0 Å². The minimum absolute atomic E-state index is 0.0569. The molecule has 0 saturated carbocycles. The molecule has 0 aliphatic carbocycles. The van der Waals surface area contributed by atoms with E-state index in [9.17, 15) is 8.42 Å². The number of methoxy groups -OCH3 is 1. The van der Waals surface area contributed by atoms with Crippen molar-refractivity contribution in [2.45, 2.75) is 11.8 Å². The number of aryl methyl sites for hydroxylation is 1. The number of hydrogen-bond donors (Lipinski definition) is 1. The number of primary sulfonamides is 1. The van der Waals surface area contributed by atoms with Gasteiger partial charge < -0.3 is 4.74 Å². The van der Waals surface area contributed by atoms with E-state index in [-0.39, 0.29) is 4.90 Å². The van der Waals surface area contributed by atoms with Crippen molar-refractivity contribution in [3.63, 3.8) is 0 Å². The number of sulfonamides is 1. The predicted octanol–water partition coefficient (Wildman–Crippen LogP) is 2.78. The lowest BCUT2D eigenvalue weighted by Gasteiger charge is -2.14. The molecule has 2 N–H and O–H groups in total. The van der Waals surface area contributed by atoms with Crippen LogP contribution in [-0.4, -0.2) is 25.5 Å². The Kier molecular flexibility index (Phi) is 4.52. The molecule has 1 heterocycles. The Morgan fingerprint density at radius 2 is 1.56 bits per heavy atom. The number of nitrogens with two attached hydrogens (primary N) is 1. The van der Waals surface area contributed by atoms with Gasteiger partial charge in [-0.25, -0.2) is 23.5 Å². The fourth-order valence-corrected chi connectivity index (χ4v) is 3.40. The molecule has 2 aromatic carbocycles. The highest BCUT2D eigenvalue weighted by molar-refractivity contribution is 7.89. The molecule has 3 rings (SSSR count). The molecular weight excluding hydrogens is 338 g/mol. The van der Waals surface area contributed by atoms with E-state index in [2.05, 4.69) is 9.97 Å². The highest BCUT2D eigenvalue weighted by Crippen LogP contribution is 2.37. The Morgan fingerprint density at radius 3 is 2.20 bits per heavy atom. The molecule has 0 fully saturated rings.